The van der Waals surface area contributed by atoms with Crippen LogP contribution in [0.5, 0.6) is 5.75 Å². The van der Waals surface area contributed by atoms with Gasteiger partial charge in [0.1, 0.15) is 11.6 Å². The van der Waals surface area contributed by atoms with Crippen molar-refractivity contribution in [3.8, 4) is 5.75 Å². The van der Waals surface area contributed by atoms with Crippen LogP contribution < -0.4 is 4.74 Å². The average molecular weight is 316 g/mol. The normalized spacial score (nSPS) is 10.2. The quantitative estimate of drug-likeness (QED) is 0.581. The van der Waals surface area contributed by atoms with E-state index in [1.165, 1.54) is 29.8 Å². The molecule has 0 aliphatic heterocycles. The third-order valence-corrected chi connectivity index (χ3v) is 3.22. The highest BCUT2D eigenvalue weighted by atomic mass is 19.1. The first kappa shape index (κ1) is 16.7. The van der Waals surface area contributed by atoms with Crippen LogP contribution in [0.4, 0.5) is 4.39 Å². The summed E-state index contributed by atoms with van der Waals surface area (Å²) in [6.45, 7) is 1.37. The minimum atomic E-state index is -0.639. The Labute approximate surface area is 133 Å². The second-order valence-corrected chi connectivity index (χ2v) is 4.88. The van der Waals surface area contributed by atoms with Crippen LogP contribution in [-0.2, 0) is 16.0 Å². The number of ether oxygens (including phenoxy) is 2. The first-order valence-corrected chi connectivity index (χ1v) is 7.24. The second kappa shape index (κ2) is 8.08. The zero-order valence-electron chi connectivity index (χ0n) is 12.8. The number of benzene rings is 2. The highest BCUT2D eigenvalue weighted by Crippen LogP contribution is 2.12. The zero-order valence-corrected chi connectivity index (χ0v) is 12.8. The SMILES string of the molecule is CCc1ccc(OCC(=O)OCC(=O)c2ccc(F)cc2)cc1. The van der Waals surface area contributed by atoms with Gasteiger partial charge in [0.25, 0.3) is 0 Å². The van der Waals surface area contributed by atoms with E-state index in [-0.39, 0.29) is 12.2 Å². The summed E-state index contributed by atoms with van der Waals surface area (Å²) < 4.78 is 22.9. The number of esters is 1. The molecule has 4 nitrogen and oxygen atoms in total. The molecule has 2 aromatic rings. The second-order valence-electron chi connectivity index (χ2n) is 4.88. The molecule has 0 heterocycles. The van der Waals surface area contributed by atoms with Crippen molar-refractivity contribution in [2.45, 2.75) is 13.3 Å². The molecule has 120 valence electrons. The lowest BCUT2D eigenvalue weighted by Crippen LogP contribution is -2.19. The van der Waals surface area contributed by atoms with Crippen LogP contribution in [-0.4, -0.2) is 25.0 Å². The van der Waals surface area contributed by atoms with Crippen LogP contribution in [0.15, 0.2) is 48.5 Å². The number of carbonyl (C=O) groups excluding carboxylic acids is 2. The van der Waals surface area contributed by atoms with E-state index in [9.17, 15) is 14.0 Å². The maximum atomic E-state index is 12.8. The van der Waals surface area contributed by atoms with Crippen molar-refractivity contribution in [2.75, 3.05) is 13.2 Å². The predicted octanol–water partition coefficient (Wildman–Crippen LogP) is 3.19. The summed E-state index contributed by atoms with van der Waals surface area (Å²) >= 11 is 0. The number of aryl methyl sites for hydroxylation is 1. The van der Waals surface area contributed by atoms with Crippen LogP contribution in [0.1, 0.15) is 22.8 Å². The van der Waals surface area contributed by atoms with Crippen molar-refractivity contribution in [3.05, 3.63) is 65.5 Å². The highest BCUT2D eigenvalue weighted by molar-refractivity contribution is 5.97. The van der Waals surface area contributed by atoms with Gasteiger partial charge in [-0.3, -0.25) is 4.79 Å². The van der Waals surface area contributed by atoms with E-state index >= 15 is 0 Å². The molecular formula is C18H17FO4. The molecule has 0 amide bonds. The van der Waals surface area contributed by atoms with Crippen LogP contribution in [0.3, 0.4) is 0 Å². The van der Waals surface area contributed by atoms with Gasteiger partial charge < -0.3 is 9.47 Å². The van der Waals surface area contributed by atoms with Crippen molar-refractivity contribution in [1.82, 2.24) is 0 Å². The first-order chi connectivity index (χ1) is 11.1. The summed E-state index contributed by atoms with van der Waals surface area (Å²) in [5.74, 6) is -0.907. The molecular weight excluding hydrogens is 299 g/mol. The molecule has 0 aromatic heterocycles. The monoisotopic (exact) mass is 316 g/mol. The van der Waals surface area contributed by atoms with Crippen molar-refractivity contribution >= 4 is 11.8 Å². The largest absolute Gasteiger partial charge is 0.482 e. The van der Waals surface area contributed by atoms with Crippen LogP contribution >= 0.6 is 0 Å². The van der Waals surface area contributed by atoms with Gasteiger partial charge in [-0.1, -0.05) is 19.1 Å². The fourth-order valence-corrected chi connectivity index (χ4v) is 1.87. The summed E-state index contributed by atoms with van der Waals surface area (Å²) in [6.07, 6.45) is 0.924. The third-order valence-electron chi connectivity index (χ3n) is 3.22. The number of rotatable bonds is 7. The summed E-state index contributed by atoms with van der Waals surface area (Å²) in [5.41, 5.74) is 1.46. The van der Waals surface area contributed by atoms with E-state index in [2.05, 4.69) is 0 Å². The first-order valence-electron chi connectivity index (χ1n) is 7.24. The number of ketones is 1. The lowest BCUT2D eigenvalue weighted by atomic mass is 10.1. The van der Waals surface area contributed by atoms with Gasteiger partial charge in [-0.25, -0.2) is 9.18 Å². The number of hydrogen-bond donors (Lipinski definition) is 0. The zero-order chi connectivity index (χ0) is 16.7. The number of hydrogen-bond acceptors (Lipinski definition) is 4. The van der Waals surface area contributed by atoms with E-state index in [0.29, 0.717) is 5.75 Å². The van der Waals surface area contributed by atoms with E-state index < -0.39 is 24.2 Å². The molecule has 0 aliphatic rings. The minimum Gasteiger partial charge on any atom is -0.482 e. The van der Waals surface area contributed by atoms with Gasteiger partial charge in [0.2, 0.25) is 0 Å². The van der Waals surface area contributed by atoms with Gasteiger partial charge in [0.15, 0.2) is 19.0 Å². The maximum Gasteiger partial charge on any atom is 0.344 e. The molecule has 0 aliphatic carbocycles. The summed E-state index contributed by atoms with van der Waals surface area (Å²) in [6, 6.07) is 12.4. The molecule has 2 aromatic carbocycles. The fourth-order valence-electron chi connectivity index (χ4n) is 1.87. The predicted molar refractivity (Wildman–Crippen MR) is 83.0 cm³/mol. The molecule has 0 bridgehead atoms. The number of carbonyl (C=O) groups is 2. The van der Waals surface area contributed by atoms with Crippen molar-refractivity contribution in [3.63, 3.8) is 0 Å². The Balaban J connectivity index is 1.76. The Morgan fingerprint density at radius 3 is 2.22 bits per heavy atom. The Kier molecular flexibility index (Phi) is 5.86. The fraction of sp³-hybridized carbons (Fsp3) is 0.222. The average Bonchev–Trinajstić information content (AvgIpc) is 2.59. The molecule has 0 radical (unpaired) electrons. The van der Waals surface area contributed by atoms with Gasteiger partial charge in [-0.05, 0) is 48.4 Å². The molecule has 0 unspecified atom stereocenters. The number of Topliss-reactive ketones (excluding diaryl/α,β-unsaturated/α-hetero) is 1. The highest BCUT2D eigenvalue weighted by Gasteiger charge is 2.10. The van der Waals surface area contributed by atoms with Crippen LogP contribution in [0.2, 0.25) is 0 Å². The lowest BCUT2D eigenvalue weighted by molar-refractivity contribution is -0.144. The van der Waals surface area contributed by atoms with Gasteiger partial charge in [-0.2, -0.15) is 0 Å². The number of halogens is 1. The molecule has 0 saturated carbocycles. The molecule has 0 atom stereocenters. The van der Waals surface area contributed by atoms with Gasteiger partial charge >= 0.3 is 5.97 Å². The van der Waals surface area contributed by atoms with Crippen LogP contribution in [0, 0.1) is 5.82 Å². The van der Waals surface area contributed by atoms with Crippen molar-refractivity contribution < 1.29 is 23.5 Å². The van der Waals surface area contributed by atoms with Crippen molar-refractivity contribution in [2.24, 2.45) is 0 Å². The third kappa shape index (κ3) is 5.21. The Morgan fingerprint density at radius 2 is 1.61 bits per heavy atom. The minimum absolute atomic E-state index is 0.276. The van der Waals surface area contributed by atoms with Crippen molar-refractivity contribution in [1.29, 1.82) is 0 Å². The topological polar surface area (TPSA) is 52.6 Å². The molecule has 23 heavy (non-hydrogen) atoms. The van der Waals surface area contributed by atoms with Gasteiger partial charge in [0, 0.05) is 5.56 Å². The Hall–Kier alpha value is -2.69. The van der Waals surface area contributed by atoms with E-state index in [4.69, 9.17) is 9.47 Å². The Morgan fingerprint density at radius 1 is 0.957 bits per heavy atom. The summed E-state index contributed by atoms with van der Waals surface area (Å²) in [5, 5.41) is 0. The molecule has 2 rings (SSSR count). The summed E-state index contributed by atoms with van der Waals surface area (Å²) in [4.78, 5) is 23.3. The lowest BCUT2D eigenvalue weighted by Gasteiger charge is -2.07. The smallest absolute Gasteiger partial charge is 0.344 e. The van der Waals surface area contributed by atoms with E-state index in [1.807, 2.05) is 19.1 Å². The molecule has 0 saturated heterocycles. The van der Waals surface area contributed by atoms with Gasteiger partial charge in [0.05, 0.1) is 0 Å². The van der Waals surface area contributed by atoms with E-state index in [1.54, 1.807) is 12.1 Å². The molecule has 0 spiro atoms. The van der Waals surface area contributed by atoms with Crippen LogP contribution in [0.25, 0.3) is 0 Å². The molecule has 0 N–H and O–H groups in total. The molecule has 0 fully saturated rings. The maximum absolute atomic E-state index is 12.8. The Bertz CT molecular complexity index is 662. The standard InChI is InChI=1S/C18H17FO4/c1-2-13-3-9-16(10-4-13)22-12-18(21)23-11-17(20)14-5-7-15(19)8-6-14/h3-10H,2,11-12H2,1H3. The molecule has 5 heteroatoms. The van der Waals surface area contributed by atoms with Gasteiger partial charge in [-0.15, -0.1) is 0 Å². The summed E-state index contributed by atoms with van der Waals surface area (Å²) in [7, 11) is 0. The van der Waals surface area contributed by atoms with E-state index in [0.717, 1.165) is 6.42 Å².